The second kappa shape index (κ2) is 10.1. The number of nitrogens with zero attached hydrogens (tertiary/aromatic N) is 4. The second-order valence-electron chi connectivity index (χ2n) is 8.39. The van der Waals surface area contributed by atoms with Gasteiger partial charge in [-0.1, -0.05) is 18.2 Å². The highest BCUT2D eigenvalue weighted by Gasteiger charge is 2.39. The largest absolute Gasteiger partial charge is 0.378 e. The number of sulfone groups is 1. The van der Waals surface area contributed by atoms with E-state index in [1.807, 2.05) is 4.90 Å². The van der Waals surface area contributed by atoms with Gasteiger partial charge in [0.1, 0.15) is 11.7 Å². The number of rotatable bonds is 6. The summed E-state index contributed by atoms with van der Waals surface area (Å²) in [5, 5.41) is 0. The van der Waals surface area contributed by atoms with Gasteiger partial charge in [-0.2, -0.15) is 0 Å². The molecular formula is C23H30N4O5S. The van der Waals surface area contributed by atoms with Crippen molar-refractivity contribution < 1.29 is 22.7 Å². The molecule has 2 aliphatic heterocycles. The molecule has 9 nitrogen and oxygen atoms in total. The zero-order valence-electron chi connectivity index (χ0n) is 18.8. The number of benzene rings is 1. The average Bonchev–Trinajstić information content (AvgIpc) is 3.28. The van der Waals surface area contributed by atoms with E-state index in [1.54, 1.807) is 70.1 Å². The van der Waals surface area contributed by atoms with Gasteiger partial charge >= 0.3 is 0 Å². The molecule has 1 aromatic carbocycles. The van der Waals surface area contributed by atoms with E-state index in [4.69, 9.17) is 4.74 Å². The summed E-state index contributed by atoms with van der Waals surface area (Å²) < 4.78 is 32.6. The molecule has 3 heterocycles. The summed E-state index contributed by atoms with van der Waals surface area (Å²) in [6.07, 6.45) is 1.80. The molecule has 0 radical (unpaired) electrons. The van der Waals surface area contributed by atoms with E-state index in [2.05, 4.69) is 0 Å². The van der Waals surface area contributed by atoms with E-state index < -0.39 is 15.9 Å². The third-order valence-corrected chi connectivity index (χ3v) is 7.99. The van der Waals surface area contributed by atoms with Gasteiger partial charge in [0.2, 0.25) is 5.91 Å². The number of carbonyl (C=O) groups excluding carboxylic acids is 2. The van der Waals surface area contributed by atoms with Crippen LogP contribution in [0.2, 0.25) is 0 Å². The fourth-order valence-corrected chi connectivity index (χ4v) is 5.62. The maximum Gasteiger partial charge on any atom is 0.271 e. The summed E-state index contributed by atoms with van der Waals surface area (Å²) >= 11 is 0. The Kier molecular flexibility index (Phi) is 7.16. The molecule has 0 N–H and O–H groups in total. The molecule has 1 aromatic heterocycles. The van der Waals surface area contributed by atoms with E-state index in [-0.39, 0.29) is 17.6 Å². The van der Waals surface area contributed by atoms with E-state index in [0.717, 1.165) is 0 Å². The second-order valence-corrected chi connectivity index (χ2v) is 10.5. The molecule has 2 amide bonds. The van der Waals surface area contributed by atoms with E-state index >= 15 is 0 Å². The van der Waals surface area contributed by atoms with Crippen LogP contribution < -0.4 is 0 Å². The Morgan fingerprint density at radius 1 is 1.00 bits per heavy atom. The molecular weight excluding hydrogens is 444 g/mol. The third kappa shape index (κ3) is 5.29. The van der Waals surface area contributed by atoms with Gasteiger partial charge in [0.25, 0.3) is 5.91 Å². The first kappa shape index (κ1) is 23.5. The molecule has 2 aliphatic rings. The highest BCUT2D eigenvalue weighted by Crippen LogP contribution is 2.18. The number of ether oxygens (including phenoxy) is 1. The van der Waals surface area contributed by atoms with Gasteiger partial charge in [-0.05, 0) is 24.3 Å². The number of hydrogen-bond acceptors (Lipinski definition) is 6. The minimum Gasteiger partial charge on any atom is -0.378 e. The van der Waals surface area contributed by atoms with Crippen molar-refractivity contribution in [3.63, 3.8) is 0 Å². The molecule has 2 fully saturated rings. The van der Waals surface area contributed by atoms with Crippen LogP contribution in [0.25, 0.3) is 0 Å². The Morgan fingerprint density at radius 3 is 2.39 bits per heavy atom. The first-order valence-electron chi connectivity index (χ1n) is 11.2. The first-order chi connectivity index (χ1) is 15.9. The molecule has 33 heavy (non-hydrogen) atoms. The van der Waals surface area contributed by atoms with Crippen molar-refractivity contribution in [2.75, 3.05) is 58.2 Å². The zero-order valence-corrected chi connectivity index (χ0v) is 19.6. The molecule has 4 rings (SSSR count). The van der Waals surface area contributed by atoms with Crippen LogP contribution in [-0.4, -0.2) is 104 Å². The Hall–Kier alpha value is -2.69. The van der Waals surface area contributed by atoms with Crippen LogP contribution in [0.5, 0.6) is 0 Å². The number of hydrogen-bond donors (Lipinski definition) is 0. The highest BCUT2D eigenvalue weighted by atomic mass is 32.2. The standard InChI is InChI=1S/C23H30N4O5S/c1-24-9-5-8-20(24)23(29)27-11-10-25(14-17-33(30,31)19-6-3-2-4-7-19)18-21(27)22(28)26-12-15-32-16-13-26/h2-9,21H,10-18H2,1H3. The lowest BCUT2D eigenvalue weighted by molar-refractivity contribution is -0.142. The Bertz CT molecular complexity index is 1080. The molecule has 1 atom stereocenters. The first-order valence-corrected chi connectivity index (χ1v) is 12.8. The minimum atomic E-state index is -3.43. The maximum absolute atomic E-state index is 13.4. The van der Waals surface area contributed by atoms with Crippen LogP contribution >= 0.6 is 0 Å². The summed E-state index contributed by atoms with van der Waals surface area (Å²) in [7, 11) is -1.62. The van der Waals surface area contributed by atoms with E-state index in [0.29, 0.717) is 63.1 Å². The molecule has 0 saturated carbocycles. The number of amides is 2. The van der Waals surface area contributed by atoms with Gasteiger partial charge in [0.05, 0.1) is 23.9 Å². The van der Waals surface area contributed by atoms with Gasteiger partial charge < -0.3 is 19.1 Å². The van der Waals surface area contributed by atoms with Crippen LogP contribution in [0.1, 0.15) is 10.5 Å². The lowest BCUT2D eigenvalue weighted by atomic mass is 10.1. The number of morpholine rings is 1. The fraction of sp³-hybridized carbons (Fsp3) is 0.478. The third-order valence-electron chi connectivity index (χ3n) is 6.27. The van der Waals surface area contributed by atoms with E-state index in [1.165, 1.54) is 0 Å². The predicted octanol–water partition coefficient (Wildman–Crippen LogP) is 0.484. The van der Waals surface area contributed by atoms with Crippen LogP contribution in [-0.2, 0) is 26.4 Å². The molecule has 2 saturated heterocycles. The molecule has 2 aromatic rings. The molecule has 10 heteroatoms. The smallest absolute Gasteiger partial charge is 0.271 e. The van der Waals surface area contributed by atoms with Crippen LogP contribution in [0.3, 0.4) is 0 Å². The molecule has 0 spiro atoms. The Morgan fingerprint density at radius 2 is 1.73 bits per heavy atom. The highest BCUT2D eigenvalue weighted by molar-refractivity contribution is 7.91. The van der Waals surface area contributed by atoms with Crippen LogP contribution in [0, 0.1) is 0 Å². The number of aromatic nitrogens is 1. The predicted molar refractivity (Wildman–Crippen MR) is 123 cm³/mol. The van der Waals surface area contributed by atoms with E-state index in [9.17, 15) is 18.0 Å². The maximum atomic E-state index is 13.4. The SMILES string of the molecule is Cn1cccc1C(=O)N1CCN(CCS(=O)(=O)c2ccccc2)CC1C(=O)N1CCOCC1. The average molecular weight is 475 g/mol. The summed E-state index contributed by atoms with van der Waals surface area (Å²) in [6, 6.07) is 11.3. The van der Waals surface area contributed by atoms with Crippen molar-refractivity contribution in [2.24, 2.45) is 7.05 Å². The minimum absolute atomic E-state index is 0.0404. The Labute approximate surface area is 194 Å². The Balaban J connectivity index is 1.49. The molecule has 178 valence electrons. The monoisotopic (exact) mass is 474 g/mol. The lowest BCUT2D eigenvalue weighted by Gasteiger charge is -2.42. The molecule has 0 aliphatic carbocycles. The lowest BCUT2D eigenvalue weighted by Crippen LogP contribution is -2.62. The van der Waals surface area contributed by atoms with Crippen molar-refractivity contribution in [1.29, 1.82) is 0 Å². The van der Waals surface area contributed by atoms with Crippen molar-refractivity contribution >= 4 is 21.7 Å². The van der Waals surface area contributed by atoms with Crippen LogP contribution in [0.4, 0.5) is 0 Å². The normalized spacial score (nSPS) is 20.1. The fourth-order valence-electron chi connectivity index (χ4n) is 4.32. The van der Waals surface area contributed by atoms with Crippen molar-refractivity contribution in [3.8, 4) is 0 Å². The summed E-state index contributed by atoms with van der Waals surface area (Å²) in [4.78, 5) is 32.3. The summed E-state index contributed by atoms with van der Waals surface area (Å²) in [5.74, 6) is -0.344. The number of carbonyl (C=O) groups is 2. The topological polar surface area (TPSA) is 92.2 Å². The van der Waals surface area contributed by atoms with Gasteiger partial charge in [-0.25, -0.2) is 8.42 Å². The summed E-state index contributed by atoms with van der Waals surface area (Å²) in [5.41, 5.74) is 0.523. The number of piperazine rings is 1. The molecule has 0 bridgehead atoms. The number of aryl methyl sites for hydroxylation is 1. The quantitative estimate of drug-likeness (QED) is 0.605. The van der Waals surface area contributed by atoms with Gasteiger partial charge in [0.15, 0.2) is 9.84 Å². The van der Waals surface area contributed by atoms with Gasteiger partial charge in [0, 0.05) is 52.5 Å². The van der Waals surface area contributed by atoms with Crippen LogP contribution in [0.15, 0.2) is 53.6 Å². The molecule has 1 unspecified atom stereocenters. The van der Waals surface area contributed by atoms with Crippen molar-refractivity contribution in [3.05, 3.63) is 54.4 Å². The van der Waals surface area contributed by atoms with Gasteiger partial charge in [-0.15, -0.1) is 0 Å². The van der Waals surface area contributed by atoms with Crippen molar-refractivity contribution in [1.82, 2.24) is 19.3 Å². The zero-order chi connectivity index (χ0) is 23.4. The van der Waals surface area contributed by atoms with Crippen molar-refractivity contribution in [2.45, 2.75) is 10.9 Å². The van der Waals surface area contributed by atoms with Gasteiger partial charge in [-0.3, -0.25) is 14.5 Å². The summed E-state index contributed by atoms with van der Waals surface area (Å²) in [6.45, 7) is 3.40.